The molecular formula is C12H15FN4. The lowest BCUT2D eigenvalue weighted by Crippen LogP contribution is -2.04. The number of nitrogens with two attached hydrogens (primary N) is 1. The summed E-state index contributed by atoms with van der Waals surface area (Å²) in [6.07, 6.45) is 4.48. The second-order valence-electron chi connectivity index (χ2n) is 4.44. The van der Waals surface area contributed by atoms with Crippen molar-refractivity contribution in [1.82, 2.24) is 14.8 Å². The van der Waals surface area contributed by atoms with Crippen molar-refractivity contribution in [2.45, 2.75) is 20.4 Å². The first-order valence-corrected chi connectivity index (χ1v) is 5.50. The first-order valence-electron chi connectivity index (χ1n) is 5.50. The number of anilines is 1. The molecule has 0 aromatic carbocycles. The number of aromatic nitrogens is 3. The molecule has 0 fully saturated rings. The van der Waals surface area contributed by atoms with E-state index in [4.69, 9.17) is 5.73 Å². The van der Waals surface area contributed by atoms with Crippen molar-refractivity contribution in [2.75, 3.05) is 5.73 Å². The van der Waals surface area contributed by atoms with E-state index in [-0.39, 0.29) is 5.82 Å². The molecule has 0 saturated heterocycles. The van der Waals surface area contributed by atoms with Crippen molar-refractivity contribution < 1.29 is 4.39 Å². The Bertz CT molecular complexity index is 519. The summed E-state index contributed by atoms with van der Waals surface area (Å²) < 4.78 is 14.8. The van der Waals surface area contributed by atoms with Crippen molar-refractivity contribution in [1.29, 1.82) is 0 Å². The maximum atomic E-state index is 13.1. The van der Waals surface area contributed by atoms with Crippen LogP contribution in [0, 0.1) is 11.7 Å². The van der Waals surface area contributed by atoms with Gasteiger partial charge in [0.15, 0.2) is 0 Å². The fraction of sp³-hybridized carbons (Fsp3) is 0.333. The largest absolute Gasteiger partial charge is 0.396 e. The molecule has 2 heterocycles. The van der Waals surface area contributed by atoms with Gasteiger partial charge >= 0.3 is 0 Å². The smallest absolute Gasteiger partial charge is 0.142 e. The first-order chi connectivity index (χ1) is 8.06. The summed E-state index contributed by atoms with van der Waals surface area (Å²) in [5.74, 6) is 0.0908. The Kier molecular flexibility index (Phi) is 3.08. The summed E-state index contributed by atoms with van der Waals surface area (Å²) in [4.78, 5) is 3.79. The number of halogens is 1. The topological polar surface area (TPSA) is 56.7 Å². The minimum Gasteiger partial charge on any atom is -0.396 e. The fourth-order valence-electron chi connectivity index (χ4n) is 1.67. The second kappa shape index (κ2) is 4.53. The van der Waals surface area contributed by atoms with Crippen molar-refractivity contribution >= 4 is 5.69 Å². The SMILES string of the molecule is CC(C)Cn1cc(N)c(-c2cncc(F)c2)n1. The molecule has 0 amide bonds. The number of nitrogens with zero attached hydrogens (tertiary/aromatic N) is 3. The maximum Gasteiger partial charge on any atom is 0.142 e. The van der Waals surface area contributed by atoms with Crippen LogP contribution in [0.5, 0.6) is 0 Å². The third-order valence-corrected chi connectivity index (χ3v) is 2.32. The predicted molar refractivity (Wildman–Crippen MR) is 64.7 cm³/mol. The van der Waals surface area contributed by atoms with Gasteiger partial charge in [0, 0.05) is 24.5 Å². The molecule has 0 aliphatic heterocycles. The molecule has 0 aliphatic rings. The van der Waals surface area contributed by atoms with Crippen molar-refractivity contribution in [2.24, 2.45) is 5.92 Å². The molecule has 2 N–H and O–H groups in total. The molecule has 0 aliphatic carbocycles. The highest BCUT2D eigenvalue weighted by Gasteiger charge is 2.10. The lowest BCUT2D eigenvalue weighted by molar-refractivity contribution is 0.484. The van der Waals surface area contributed by atoms with E-state index in [1.54, 1.807) is 17.1 Å². The minimum absolute atomic E-state index is 0.389. The van der Waals surface area contributed by atoms with Crippen LogP contribution in [-0.4, -0.2) is 14.8 Å². The zero-order valence-corrected chi connectivity index (χ0v) is 9.89. The molecule has 0 spiro atoms. The van der Waals surface area contributed by atoms with Crippen LogP contribution in [0.2, 0.25) is 0 Å². The van der Waals surface area contributed by atoms with E-state index in [0.717, 1.165) is 12.7 Å². The van der Waals surface area contributed by atoms with E-state index in [1.807, 2.05) is 0 Å². The van der Waals surface area contributed by atoms with E-state index < -0.39 is 0 Å². The van der Waals surface area contributed by atoms with Gasteiger partial charge in [0.25, 0.3) is 0 Å². The highest BCUT2D eigenvalue weighted by Crippen LogP contribution is 2.23. The van der Waals surface area contributed by atoms with Gasteiger partial charge in [0.2, 0.25) is 0 Å². The summed E-state index contributed by atoms with van der Waals surface area (Å²) in [7, 11) is 0. The van der Waals surface area contributed by atoms with Crippen LogP contribution in [-0.2, 0) is 6.54 Å². The zero-order valence-electron chi connectivity index (χ0n) is 9.89. The Labute approximate surface area is 99.3 Å². The Morgan fingerprint density at radius 2 is 2.18 bits per heavy atom. The van der Waals surface area contributed by atoms with Gasteiger partial charge in [-0.05, 0) is 12.0 Å². The van der Waals surface area contributed by atoms with Crippen LogP contribution in [0.4, 0.5) is 10.1 Å². The Balaban J connectivity index is 2.36. The molecule has 0 unspecified atom stereocenters. The molecule has 2 aromatic rings. The van der Waals surface area contributed by atoms with Gasteiger partial charge in [0.05, 0.1) is 11.9 Å². The molecule has 0 bridgehead atoms. The predicted octanol–water partition coefficient (Wildman–Crippen LogP) is 2.32. The average molecular weight is 234 g/mol. The molecule has 2 aromatic heterocycles. The van der Waals surface area contributed by atoms with Crippen molar-refractivity contribution in [3.8, 4) is 11.3 Å². The van der Waals surface area contributed by atoms with Crippen LogP contribution < -0.4 is 5.73 Å². The number of pyridine rings is 1. The Hall–Kier alpha value is -1.91. The van der Waals surface area contributed by atoms with Gasteiger partial charge < -0.3 is 5.73 Å². The number of rotatable bonds is 3. The third kappa shape index (κ3) is 2.61. The summed E-state index contributed by atoms with van der Waals surface area (Å²) in [5.41, 5.74) is 7.59. The van der Waals surface area contributed by atoms with Gasteiger partial charge in [-0.1, -0.05) is 13.8 Å². The molecule has 0 radical (unpaired) electrons. The van der Waals surface area contributed by atoms with Crippen LogP contribution in [0.1, 0.15) is 13.8 Å². The quantitative estimate of drug-likeness (QED) is 0.886. The molecule has 5 heteroatoms. The normalized spacial score (nSPS) is 11.1. The maximum absolute atomic E-state index is 13.1. The molecule has 2 rings (SSSR count). The summed E-state index contributed by atoms with van der Waals surface area (Å²) in [5, 5.41) is 4.35. The van der Waals surface area contributed by atoms with Gasteiger partial charge in [0.1, 0.15) is 11.5 Å². The van der Waals surface area contributed by atoms with Crippen molar-refractivity contribution in [3.63, 3.8) is 0 Å². The standard InChI is InChI=1S/C12H15FN4/c1-8(2)6-17-7-11(14)12(16-17)9-3-10(13)5-15-4-9/h3-5,7-8H,6,14H2,1-2H3. The lowest BCUT2D eigenvalue weighted by atomic mass is 10.2. The molecular weight excluding hydrogens is 219 g/mol. The third-order valence-electron chi connectivity index (χ3n) is 2.32. The van der Waals surface area contributed by atoms with E-state index in [9.17, 15) is 4.39 Å². The Morgan fingerprint density at radius 3 is 2.82 bits per heavy atom. The van der Waals surface area contributed by atoms with E-state index in [0.29, 0.717) is 22.9 Å². The minimum atomic E-state index is -0.389. The van der Waals surface area contributed by atoms with E-state index >= 15 is 0 Å². The monoisotopic (exact) mass is 234 g/mol. The van der Waals surface area contributed by atoms with Gasteiger partial charge in [-0.3, -0.25) is 9.67 Å². The molecule has 17 heavy (non-hydrogen) atoms. The average Bonchev–Trinajstić information content (AvgIpc) is 2.58. The molecule has 4 nitrogen and oxygen atoms in total. The molecule has 0 atom stereocenters. The number of hydrogen-bond acceptors (Lipinski definition) is 3. The molecule has 0 saturated carbocycles. The highest BCUT2D eigenvalue weighted by molar-refractivity contribution is 5.71. The van der Waals surface area contributed by atoms with Gasteiger partial charge in [-0.2, -0.15) is 5.10 Å². The fourth-order valence-corrected chi connectivity index (χ4v) is 1.67. The van der Waals surface area contributed by atoms with Gasteiger partial charge in [-0.25, -0.2) is 4.39 Å². The number of nitrogen functional groups attached to an aromatic ring is 1. The number of hydrogen-bond donors (Lipinski definition) is 1. The summed E-state index contributed by atoms with van der Waals surface area (Å²) in [6, 6.07) is 1.38. The summed E-state index contributed by atoms with van der Waals surface area (Å²) >= 11 is 0. The lowest BCUT2D eigenvalue weighted by Gasteiger charge is -2.03. The highest BCUT2D eigenvalue weighted by atomic mass is 19.1. The van der Waals surface area contributed by atoms with Crippen LogP contribution in [0.3, 0.4) is 0 Å². The summed E-state index contributed by atoms with van der Waals surface area (Å²) in [6.45, 7) is 4.98. The van der Waals surface area contributed by atoms with Crippen LogP contribution in [0.25, 0.3) is 11.3 Å². The second-order valence-corrected chi connectivity index (χ2v) is 4.44. The Morgan fingerprint density at radius 1 is 1.41 bits per heavy atom. The van der Waals surface area contributed by atoms with Gasteiger partial charge in [-0.15, -0.1) is 0 Å². The van der Waals surface area contributed by atoms with Crippen molar-refractivity contribution in [3.05, 3.63) is 30.5 Å². The van der Waals surface area contributed by atoms with E-state index in [1.165, 1.54) is 6.07 Å². The van der Waals surface area contributed by atoms with Crippen LogP contribution in [0.15, 0.2) is 24.7 Å². The zero-order chi connectivity index (χ0) is 12.4. The first kappa shape index (κ1) is 11.6. The van der Waals surface area contributed by atoms with Crippen LogP contribution >= 0.6 is 0 Å². The molecule has 90 valence electrons. The van der Waals surface area contributed by atoms with E-state index in [2.05, 4.69) is 23.9 Å².